The Labute approximate surface area is 133 Å². The van der Waals surface area contributed by atoms with Crippen LogP contribution in [0.4, 0.5) is 5.88 Å². The molecular weight excluding hydrogens is 298 g/mol. The third-order valence-corrected chi connectivity index (χ3v) is 4.21. The van der Waals surface area contributed by atoms with Gasteiger partial charge >= 0.3 is 0 Å². The highest BCUT2D eigenvalue weighted by Crippen LogP contribution is 2.26. The summed E-state index contributed by atoms with van der Waals surface area (Å²) in [5.74, 6) is 0.988. The summed E-state index contributed by atoms with van der Waals surface area (Å²) in [6.45, 7) is 5.43. The number of aromatic nitrogens is 1. The summed E-state index contributed by atoms with van der Waals surface area (Å²) < 4.78 is 11.5. The van der Waals surface area contributed by atoms with Crippen LogP contribution < -0.4 is 4.90 Å². The van der Waals surface area contributed by atoms with Gasteiger partial charge in [0.15, 0.2) is 0 Å². The Kier molecular flexibility index (Phi) is 4.27. The van der Waals surface area contributed by atoms with Crippen LogP contribution in [0.5, 0.6) is 0 Å². The van der Waals surface area contributed by atoms with Crippen molar-refractivity contribution in [3.8, 4) is 6.07 Å². The SMILES string of the molecule is C[C@@H]1CN(c2oc(/C=C/c3cccs3)nc2C#N)C[C@@H](C)O1. The first kappa shape index (κ1) is 14.8. The molecule has 0 radical (unpaired) electrons. The van der Waals surface area contributed by atoms with E-state index in [0.29, 0.717) is 30.6 Å². The number of rotatable bonds is 3. The number of oxazole rings is 1. The molecule has 3 heterocycles. The fourth-order valence-electron chi connectivity index (χ4n) is 2.57. The van der Waals surface area contributed by atoms with Gasteiger partial charge in [0.1, 0.15) is 6.07 Å². The normalized spacial score (nSPS) is 22.1. The quantitative estimate of drug-likeness (QED) is 0.868. The molecular formula is C16H17N3O2S. The molecule has 1 saturated heterocycles. The van der Waals surface area contributed by atoms with E-state index < -0.39 is 0 Å². The molecule has 0 N–H and O–H groups in total. The van der Waals surface area contributed by atoms with Crippen LogP contribution in [0.1, 0.15) is 30.3 Å². The first-order valence-corrected chi connectivity index (χ1v) is 8.06. The van der Waals surface area contributed by atoms with Gasteiger partial charge in [-0.25, -0.2) is 0 Å². The highest BCUT2D eigenvalue weighted by Gasteiger charge is 2.27. The van der Waals surface area contributed by atoms with Gasteiger partial charge in [0.05, 0.1) is 12.2 Å². The molecule has 2 aromatic heterocycles. The molecule has 1 aliphatic rings. The largest absolute Gasteiger partial charge is 0.420 e. The summed E-state index contributed by atoms with van der Waals surface area (Å²) in [6.07, 6.45) is 3.94. The second-order valence-electron chi connectivity index (χ2n) is 5.33. The van der Waals surface area contributed by atoms with Crippen LogP contribution in [0.3, 0.4) is 0 Å². The highest BCUT2D eigenvalue weighted by atomic mass is 32.1. The molecule has 22 heavy (non-hydrogen) atoms. The molecule has 114 valence electrons. The maximum Gasteiger partial charge on any atom is 0.235 e. The molecule has 0 unspecified atom stereocenters. The number of thiophene rings is 1. The van der Waals surface area contributed by atoms with E-state index in [2.05, 4.69) is 11.1 Å². The van der Waals surface area contributed by atoms with E-state index in [1.165, 1.54) is 0 Å². The molecule has 2 aromatic rings. The molecule has 1 aliphatic heterocycles. The van der Waals surface area contributed by atoms with Gasteiger partial charge in [-0.2, -0.15) is 10.2 Å². The lowest BCUT2D eigenvalue weighted by molar-refractivity contribution is -0.00642. The lowest BCUT2D eigenvalue weighted by atomic mass is 10.2. The summed E-state index contributed by atoms with van der Waals surface area (Å²) >= 11 is 1.64. The first-order valence-electron chi connectivity index (χ1n) is 7.18. The van der Waals surface area contributed by atoms with Crippen LogP contribution in [0.2, 0.25) is 0 Å². The number of hydrogen-bond acceptors (Lipinski definition) is 6. The van der Waals surface area contributed by atoms with Gasteiger partial charge in [-0.1, -0.05) is 6.07 Å². The van der Waals surface area contributed by atoms with Crippen LogP contribution in [0, 0.1) is 11.3 Å². The van der Waals surface area contributed by atoms with Crippen molar-refractivity contribution < 1.29 is 9.15 Å². The smallest absolute Gasteiger partial charge is 0.235 e. The van der Waals surface area contributed by atoms with Crippen molar-refractivity contribution in [3.05, 3.63) is 34.0 Å². The van der Waals surface area contributed by atoms with Gasteiger partial charge in [-0.15, -0.1) is 11.3 Å². The van der Waals surface area contributed by atoms with Crippen LogP contribution in [-0.2, 0) is 4.74 Å². The maximum absolute atomic E-state index is 9.29. The van der Waals surface area contributed by atoms with Gasteiger partial charge in [-0.05, 0) is 31.4 Å². The lowest BCUT2D eigenvalue weighted by Crippen LogP contribution is -2.45. The lowest BCUT2D eigenvalue weighted by Gasteiger charge is -2.34. The van der Waals surface area contributed by atoms with Crippen molar-refractivity contribution in [2.45, 2.75) is 26.1 Å². The Balaban J connectivity index is 1.84. The molecule has 0 saturated carbocycles. The average molecular weight is 315 g/mol. The maximum atomic E-state index is 9.29. The Hall–Kier alpha value is -2.10. The monoisotopic (exact) mass is 315 g/mol. The number of hydrogen-bond donors (Lipinski definition) is 0. The molecule has 1 fully saturated rings. The second-order valence-corrected chi connectivity index (χ2v) is 6.31. The molecule has 5 nitrogen and oxygen atoms in total. The van der Waals surface area contributed by atoms with E-state index in [4.69, 9.17) is 9.15 Å². The summed E-state index contributed by atoms with van der Waals surface area (Å²) in [5, 5.41) is 11.3. The van der Waals surface area contributed by atoms with Crippen molar-refractivity contribution in [2.24, 2.45) is 0 Å². The number of nitrogens with zero attached hydrogens (tertiary/aromatic N) is 3. The summed E-state index contributed by atoms with van der Waals surface area (Å²) in [7, 11) is 0. The zero-order valence-electron chi connectivity index (χ0n) is 12.5. The van der Waals surface area contributed by atoms with E-state index in [9.17, 15) is 5.26 Å². The minimum absolute atomic E-state index is 0.102. The van der Waals surface area contributed by atoms with Gasteiger partial charge in [0.2, 0.25) is 17.5 Å². The van der Waals surface area contributed by atoms with Gasteiger partial charge in [0, 0.05) is 24.0 Å². The van der Waals surface area contributed by atoms with Crippen molar-refractivity contribution in [3.63, 3.8) is 0 Å². The van der Waals surface area contributed by atoms with Crippen LogP contribution in [0.15, 0.2) is 21.9 Å². The van der Waals surface area contributed by atoms with Crippen LogP contribution in [0.25, 0.3) is 12.2 Å². The Morgan fingerprint density at radius 2 is 2.14 bits per heavy atom. The van der Waals surface area contributed by atoms with E-state index in [1.54, 1.807) is 17.4 Å². The Morgan fingerprint density at radius 3 is 2.77 bits per heavy atom. The molecule has 2 atom stereocenters. The zero-order valence-corrected chi connectivity index (χ0v) is 13.3. The van der Waals surface area contributed by atoms with Crippen LogP contribution in [-0.4, -0.2) is 30.3 Å². The van der Waals surface area contributed by atoms with Crippen molar-refractivity contribution in [1.29, 1.82) is 5.26 Å². The van der Waals surface area contributed by atoms with E-state index >= 15 is 0 Å². The van der Waals surface area contributed by atoms with Gasteiger partial charge < -0.3 is 14.1 Å². The molecule has 6 heteroatoms. The number of nitriles is 1. The summed E-state index contributed by atoms with van der Waals surface area (Å²) in [5.41, 5.74) is 0.326. The van der Waals surface area contributed by atoms with Crippen molar-refractivity contribution in [1.82, 2.24) is 4.98 Å². The van der Waals surface area contributed by atoms with Gasteiger partial charge in [-0.3, -0.25) is 0 Å². The minimum Gasteiger partial charge on any atom is -0.420 e. The molecule has 0 aliphatic carbocycles. The first-order chi connectivity index (χ1) is 10.7. The predicted octanol–water partition coefficient (Wildman–Crippen LogP) is 3.39. The fraction of sp³-hybridized carbons (Fsp3) is 0.375. The molecule has 0 aromatic carbocycles. The summed E-state index contributed by atoms with van der Waals surface area (Å²) in [4.78, 5) is 7.41. The minimum atomic E-state index is 0.102. The van der Waals surface area contributed by atoms with E-state index in [1.807, 2.05) is 42.3 Å². The molecule has 3 rings (SSSR count). The zero-order chi connectivity index (χ0) is 15.5. The fourth-order valence-corrected chi connectivity index (χ4v) is 3.19. The second kappa shape index (κ2) is 6.34. The number of ether oxygens (including phenoxy) is 1. The topological polar surface area (TPSA) is 62.3 Å². The molecule has 0 amide bonds. The van der Waals surface area contributed by atoms with Crippen LogP contribution >= 0.6 is 11.3 Å². The van der Waals surface area contributed by atoms with Gasteiger partial charge in [0.25, 0.3) is 0 Å². The predicted molar refractivity (Wildman–Crippen MR) is 86.7 cm³/mol. The Bertz CT molecular complexity index is 690. The third-order valence-electron chi connectivity index (χ3n) is 3.37. The van der Waals surface area contributed by atoms with Crippen molar-refractivity contribution in [2.75, 3.05) is 18.0 Å². The number of morpholine rings is 1. The third kappa shape index (κ3) is 3.21. The van der Waals surface area contributed by atoms with E-state index in [0.717, 1.165) is 4.88 Å². The highest BCUT2D eigenvalue weighted by molar-refractivity contribution is 7.10. The molecule has 0 spiro atoms. The Morgan fingerprint density at radius 1 is 1.36 bits per heavy atom. The summed E-state index contributed by atoms with van der Waals surface area (Å²) in [6, 6.07) is 6.12. The molecule has 0 bridgehead atoms. The number of anilines is 1. The van der Waals surface area contributed by atoms with E-state index in [-0.39, 0.29) is 12.2 Å². The average Bonchev–Trinajstić information content (AvgIpc) is 3.13. The standard InChI is InChI=1S/C16H17N3O2S/c1-11-9-19(10-12(2)20-11)16-14(8-17)18-15(21-16)6-5-13-4-3-7-22-13/h3-7,11-12H,9-10H2,1-2H3/b6-5+/t11-,12-/m1/s1. The van der Waals surface area contributed by atoms with Crippen molar-refractivity contribution >= 4 is 29.4 Å².